The predicted molar refractivity (Wildman–Crippen MR) is 78.8 cm³/mol. The van der Waals surface area contributed by atoms with Gasteiger partial charge in [-0.15, -0.1) is 11.3 Å². The molecule has 0 amide bonds. The van der Waals surface area contributed by atoms with Gasteiger partial charge in [0.15, 0.2) is 0 Å². The molecule has 102 valence electrons. The van der Waals surface area contributed by atoms with E-state index in [-0.39, 0.29) is 0 Å². The van der Waals surface area contributed by atoms with Crippen LogP contribution in [0, 0.1) is 11.3 Å². The highest BCUT2D eigenvalue weighted by Gasteiger charge is 2.31. The van der Waals surface area contributed by atoms with Gasteiger partial charge in [-0.25, -0.2) is 4.98 Å². The number of nitrogens with zero attached hydrogens (tertiary/aromatic N) is 1. The summed E-state index contributed by atoms with van der Waals surface area (Å²) < 4.78 is 0. The lowest BCUT2D eigenvalue weighted by molar-refractivity contribution is 0.137. The van der Waals surface area contributed by atoms with Crippen molar-refractivity contribution in [3.8, 4) is 0 Å². The second-order valence-electron chi connectivity index (χ2n) is 6.20. The summed E-state index contributed by atoms with van der Waals surface area (Å²) in [6.07, 6.45) is 8.63. The maximum absolute atomic E-state index is 4.32. The van der Waals surface area contributed by atoms with E-state index in [1.165, 1.54) is 37.1 Å². The molecule has 3 heteroatoms. The lowest BCUT2D eigenvalue weighted by Crippen LogP contribution is -2.36. The Morgan fingerprint density at radius 2 is 2.06 bits per heavy atom. The third kappa shape index (κ3) is 3.55. The Labute approximate surface area is 115 Å². The van der Waals surface area contributed by atoms with E-state index in [1.807, 2.05) is 6.20 Å². The zero-order valence-corrected chi connectivity index (χ0v) is 12.7. The van der Waals surface area contributed by atoms with E-state index in [2.05, 4.69) is 36.5 Å². The lowest BCUT2D eigenvalue weighted by Gasteiger charge is -2.39. The van der Waals surface area contributed by atoms with Crippen molar-refractivity contribution in [2.24, 2.45) is 11.3 Å². The summed E-state index contributed by atoms with van der Waals surface area (Å²) >= 11 is 1.75. The monoisotopic (exact) mass is 266 g/mol. The molecule has 1 aromatic rings. The van der Waals surface area contributed by atoms with Gasteiger partial charge in [0, 0.05) is 24.2 Å². The summed E-state index contributed by atoms with van der Waals surface area (Å²) in [5.41, 5.74) is 0.528. The summed E-state index contributed by atoms with van der Waals surface area (Å²) in [5.74, 6) is 0.917. The molecule has 2 nitrogen and oxygen atoms in total. The summed E-state index contributed by atoms with van der Waals surface area (Å²) in [7, 11) is 0. The van der Waals surface area contributed by atoms with Crippen LogP contribution in [0.2, 0.25) is 0 Å². The molecule has 0 atom stereocenters. The highest BCUT2D eigenvalue weighted by Crippen LogP contribution is 2.40. The van der Waals surface area contributed by atoms with E-state index in [1.54, 1.807) is 11.3 Å². The van der Waals surface area contributed by atoms with Gasteiger partial charge in [-0.3, -0.25) is 0 Å². The Morgan fingerprint density at radius 3 is 2.61 bits per heavy atom. The van der Waals surface area contributed by atoms with Crippen molar-refractivity contribution in [1.29, 1.82) is 0 Å². The number of hydrogen-bond acceptors (Lipinski definition) is 3. The minimum atomic E-state index is 0.528. The van der Waals surface area contributed by atoms with E-state index in [4.69, 9.17) is 0 Å². The van der Waals surface area contributed by atoms with Crippen LogP contribution in [0.3, 0.4) is 0 Å². The van der Waals surface area contributed by atoms with Crippen molar-refractivity contribution in [3.63, 3.8) is 0 Å². The van der Waals surface area contributed by atoms with E-state index in [0.29, 0.717) is 11.5 Å². The highest BCUT2D eigenvalue weighted by atomic mass is 32.1. The van der Waals surface area contributed by atoms with Crippen LogP contribution in [0.1, 0.15) is 57.9 Å². The zero-order chi connectivity index (χ0) is 13.0. The third-order valence-corrected chi connectivity index (χ3v) is 5.55. The molecule has 0 aromatic carbocycles. The fraction of sp³-hybridized carbons (Fsp3) is 0.800. The van der Waals surface area contributed by atoms with Gasteiger partial charge in [0.1, 0.15) is 5.01 Å². The minimum absolute atomic E-state index is 0.528. The first-order valence-corrected chi connectivity index (χ1v) is 8.11. The normalized spacial score (nSPS) is 25.3. The topological polar surface area (TPSA) is 24.9 Å². The molecule has 1 aliphatic carbocycles. The number of thiazole rings is 1. The number of nitrogens with one attached hydrogen (secondary N) is 1. The minimum Gasteiger partial charge on any atom is -0.308 e. The molecular formula is C15H26N2S. The Morgan fingerprint density at radius 1 is 1.33 bits per heavy atom. The van der Waals surface area contributed by atoms with E-state index in [9.17, 15) is 0 Å². The molecule has 1 fully saturated rings. The molecule has 1 saturated carbocycles. The van der Waals surface area contributed by atoms with Crippen LogP contribution in [0.4, 0.5) is 0 Å². The molecule has 0 spiro atoms. The Bertz CT molecular complexity index is 337. The summed E-state index contributed by atoms with van der Waals surface area (Å²) in [4.78, 5) is 4.32. The Balaban J connectivity index is 1.73. The van der Waals surface area contributed by atoms with Gasteiger partial charge in [0.2, 0.25) is 0 Å². The molecule has 1 aliphatic rings. The fourth-order valence-corrected chi connectivity index (χ4v) is 3.51. The maximum atomic E-state index is 4.32. The van der Waals surface area contributed by atoms with Crippen molar-refractivity contribution in [2.75, 3.05) is 0 Å². The van der Waals surface area contributed by atoms with Crippen LogP contribution in [0.5, 0.6) is 0 Å². The van der Waals surface area contributed by atoms with Crippen molar-refractivity contribution in [1.82, 2.24) is 10.3 Å². The van der Waals surface area contributed by atoms with E-state index >= 15 is 0 Å². The Kier molecular flexibility index (Phi) is 4.79. The van der Waals surface area contributed by atoms with E-state index in [0.717, 1.165) is 12.5 Å². The first kappa shape index (κ1) is 14.0. The molecule has 0 radical (unpaired) electrons. The average Bonchev–Trinajstić information content (AvgIpc) is 2.90. The summed E-state index contributed by atoms with van der Waals surface area (Å²) in [6.45, 7) is 8.14. The second kappa shape index (κ2) is 6.16. The quantitative estimate of drug-likeness (QED) is 0.862. The molecule has 0 aliphatic heterocycles. The van der Waals surface area contributed by atoms with Crippen LogP contribution >= 0.6 is 11.3 Å². The van der Waals surface area contributed by atoms with Crippen LogP contribution in [0.25, 0.3) is 0 Å². The standard InChI is InChI=1S/C15H26N2S/c1-4-15(2,3)12-5-7-13(8-6-12)17-11-14-16-9-10-18-14/h9-10,12-13,17H,4-8,11H2,1-3H3. The summed E-state index contributed by atoms with van der Waals surface area (Å²) in [5, 5.41) is 6.93. The van der Waals surface area contributed by atoms with Gasteiger partial charge in [-0.2, -0.15) is 0 Å². The van der Waals surface area contributed by atoms with Crippen molar-refractivity contribution in [3.05, 3.63) is 16.6 Å². The van der Waals surface area contributed by atoms with Gasteiger partial charge < -0.3 is 5.32 Å². The first-order valence-electron chi connectivity index (χ1n) is 7.23. The number of aromatic nitrogens is 1. The zero-order valence-electron chi connectivity index (χ0n) is 11.9. The predicted octanol–water partition coefficient (Wildman–Crippen LogP) is 4.23. The van der Waals surface area contributed by atoms with Gasteiger partial charge in [0.05, 0.1) is 0 Å². The SMILES string of the molecule is CCC(C)(C)C1CCC(NCc2nccs2)CC1. The van der Waals surface area contributed by atoms with E-state index < -0.39 is 0 Å². The maximum Gasteiger partial charge on any atom is 0.106 e. The molecule has 0 saturated heterocycles. The van der Waals surface area contributed by atoms with Crippen LogP contribution in [0.15, 0.2) is 11.6 Å². The smallest absolute Gasteiger partial charge is 0.106 e. The first-order chi connectivity index (χ1) is 8.62. The number of hydrogen-bond donors (Lipinski definition) is 1. The highest BCUT2D eigenvalue weighted by molar-refractivity contribution is 7.09. The van der Waals surface area contributed by atoms with Gasteiger partial charge >= 0.3 is 0 Å². The van der Waals surface area contributed by atoms with Crippen molar-refractivity contribution in [2.45, 2.75) is 65.5 Å². The van der Waals surface area contributed by atoms with Gasteiger partial charge in [0.25, 0.3) is 0 Å². The van der Waals surface area contributed by atoms with Crippen molar-refractivity contribution < 1.29 is 0 Å². The molecule has 18 heavy (non-hydrogen) atoms. The third-order valence-electron chi connectivity index (χ3n) is 4.77. The largest absolute Gasteiger partial charge is 0.308 e. The van der Waals surface area contributed by atoms with Gasteiger partial charge in [-0.05, 0) is 37.0 Å². The molecule has 1 heterocycles. The van der Waals surface area contributed by atoms with Crippen molar-refractivity contribution >= 4 is 11.3 Å². The molecular weight excluding hydrogens is 240 g/mol. The Hall–Kier alpha value is -0.410. The lowest BCUT2D eigenvalue weighted by atomic mass is 9.69. The molecule has 0 bridgehead atoms. The van der Waals surface area contributed by atoms with Crippen LogP contribution < -0.4 is 5.32 Å². The molecule has 2 rings (SSSR count). The van der Waals surface area contributed by atoms with Crippen LogP contribution in [-0.4, -0.2) is 11.0 Å². The number of rotatable bonds is 5. The molecule has 1 aromatic heterocycles. The average molecular weight is 266 g/mol. The fourth-order valence-electron chi connectivity index (χ4n) is 2.94. The second-order valence-corrected chi connectivity index (χ2v) is 7.18. The van der Waals surface area contributed by atoms with Gasteiger partial charge in [-0.1, -0.05) is 27.2 Å². The molecule has 0 unspecified atom stereocenters. The van der Waals surface area contributed by atoms with Crippen LogP contribution in [-0.2, 0) is 6.54 Å². The molecule has 1 N–H and O–H groups in total. The summed E-state index contributed by atoms with van der Waals surface area (Å²) in [6, 6.07) is 0.706.